The molecule has 8 heteroatoms. The fourth-order valence-corrected chi connectivity index (χ4v) is 5.13. The van der Waals surface area contributed by atoms with Gasteiger partial charge in [-0.05, 0) is 55.0 Å². The van der Waals surface area contributed by atoms with E-state index < -0.39 is 10.0 Å². The van der Waals surface area contributed by atoms with Crippen LogP contribution >= 0.6 is 11.8 Å². The van der Waals surface area contributed by atoms with Gasteiger partial charge in [0.25, 0.3) is 0 Å². The summed E-state index contributed by atoms with van der Waals surface area (Å²) < 4.78 is 32.0. The molecule has 1 aliphatic heterocycles. The molecule has 0 aromatic heterocycles. The average Bonchev–Trinajstić information content (AvgIpc) is 2.78. The summed E-state index contributed by atoms with van der Waals surface area (Å²) in [5, 5.41) is 3.02. The van der Waals surface area contributed by atoms with Gasteiger partial charge in [-0.25, -0.2) is 8.42 Å². The van der Waals surface area contributed by atoms with E-state index in [0.717, 1.165) is 11.1 Å². The Balaban J connectivity index is 1.52. The molecule has 2 aromatic rings. The molecule has 30 heavy (non-hydrogen) atoms. The number of rotatable bonds is 8. The molecule has 0 spiro atoms. The van der Waals surface area contributed by atoms with Crippen molar-refractivity contribution in [3.8, 4) is 0 Å². The third-order valence-corrected chi connectivity index (χ3v) is 7.82. The van der Waals surface area contributed by atoms with Crippen LogP contribution in [0.5, 0.6) is 0 Å². The highest BCUT2D eigenvalue weighted by molar-refractivity contribution is 7.98. The van der Waals surface area contributed by atoms with E-state index in [1.54, 1.807) is 36.0 Å². The van der Waals surface area contributed by atoms with Crippen LogP contribution < -0.4 is 5.32 Å². The molecule has 0 aliphatic carbocycles. The Morgan fingerprint density at radius 3 is 2.33 bits per heavy atom. The number of hydrogen-bond acceptors (Lipinski definition) is 5. The van der Waals surface area contributed by atoms with Crippen LogP contribution in [0.1, 0.15) is 30.5 Å². The molecule has 2 aromatic carbocycles. The Labute approximate surface area is 183 Å². The zero-order valence-corrected chi connectivity index (χ0v) is 19.0. The Kier molecular flexibility index (Phi) is 7.93. The van der Waals surface area contributed by atoms with Crippen molar-refractivity contribution in [2.24, 2.45) is 0 Å². The lowest BCUT2D eigenvalue weighted by Crippen LogP contribution is -2.40. The topological polar surface area (TPSA) is 75.7 Å². The first-order chi connectivity index (χ1) is 14.4. The average molecular weight is 449 g/mol. The number of nitrogens with one attached hydrogen (secondary N) is 1. The van der Waals surface area contributed by atoms with Gasteiger partial charge < -0.3 is 10.1 Å². The smallest absolute Gasteiger partial charge is 0.243 e. The first kappa shape index (κ1) is 22.8. The van der Waals surface area contributed by atoms with Gasteiger partial charge >= 0.3 is 0 Å². The third-order valence-electron chi connectivity index (χ3n) is 5.17. The Hall–Kier alpha value is -1.87. The highest BCUT2D eigenvalue weighted by Gasteiger charge is 2.26. The summed E-state index contributed by atoms with van der Waals surface area (Å²) in [6.45, 7) is 3.57. The number of benzene rings is 2. The molecule has 0 saturated carbocycles. The van der Waals surface area contributed by atoms with Gasteiger partial charge in [0.2, 0.25) is 15.9 Å². The molecule has 1 amide bonds. The van der Waals surface area contributed by atoms with Crippen molar-refractivity contribution in [1.29, 1.82) is 0 Å². The molecule has 1 heterocycles. The quantitative estimate of drug-likeness (QED) is 0.628. The summed E-state index contributed by atoms with van der Waals surface area (Å²) in [5.41, 5.74) is 2.00. The number of carbonyl (C=O) groups is 1. The Bertz CT molecular complexity index is 938. The van der Waals surface area contributed by atoms with Gasteiger partial charge in [0, 0.05) is 24.4 Å². The predicted octanol–water partition coefficient (Wildman–Crippen LogP) is 3.24. The van der Waals surface area contributed by atoms with Gasteiger partial charge in [-0.1, -0.05) is 24.3 Å². The molecule has 162 valence electrons. The largest absolute Gasteiger partial charge is 0.379 e. The first-order valence-electron chi connectivity index (χ1n) is 10.0. The van der Waals surface area contributed by atoms with E-state index in [0.29, 0.717) is 39.1 Å². The van der Waals surface area contributed by atoms with Crippen LogP contribution in [0.2, 0.25) is 0 Å². The fourth-order valence-electron chi connectivity index (χ4n) is 3.31. The molecular formula is C22H28N2O4S2. The standard InChI is InChI=1S/C22H28N2O4S2/c1-17(19-6-8-20(29-2)9-7-19)23-22(25)12-5-18-3-10-21(11-4-18)30(26,27)24-13-15-28-16-14-24/h3-4,6-11,17H,5,12-16H2,1-2H3,(H,23,25)/t17-/m1/s1. The Morgan fingerprint density at radius 2 is 1.73 bits per heavy atom. The molecule has 1 saturated heterocycles. The van der Waals surface area contributed by atoms with Crippen molar-refractivity contribution in [2.45, 2.75) is 35.6 Å². The lowest BCUT2D eigenvalue weighted by atomic mass is 10.1. The normalized spacial score (nSPS) is 16.2. The number of hydrogen-bond donors (Lipinski definition) is 1. The number of morpholine rings is 1. The summed E-state index contributed by atoms with van der Waals surface area (Å²) in [5.74, 6) is -0.0264. The maximum Gasteiger partial charge on any atom is 0.243 e. The van der Waals surface area contributed by atoms with Crippen molar-refractivity contribution in [3.05, 3.63) is 59.7 Å². The lowest BCUT2D eigenvalue weighted by molar-refractivity contribution is -0.121. The SMILES string of the molecule is CSc1ccc([C@@H](C)NC(=O)CCc2ccc(S(=O)(=O)N3CCOCC3)cc2)cc1. The van der Waals surface area contributed by atoms with E-state index in [4.69, 9.17) is 4.74 Å². The summed E-state index contributed by atoms with van der Waals surface area (Å²) in [6, 6.07) is 14.9. The lowest BCUT2D eigenvalue weighted by Gasteiger charge is -2.26. The van der Waals surface area contributed by atoms with E-state index in [-0.39, 0.29) is 16.8 Å². The van der Waals surface area contributed by atoms with Crippen molar-refractivity contribution in [3.63, 3.8) is 0 Å². The zero-order valence-electron chi connectivity index (χ0n) is 17.3. The number of carbonyl (C=O) groups excluding carboxylic acids is 1. The van der Waals surface area contributed by atoms with E-state index in [1.165, 1.54) is 9.20 Å². The van der Waals surface area contributed by atoms with Gasteiger partial charge in [-0.15, -0.1) is 11.8 Å². The van der Waals surface area contributed by atoms with Crippen LogP contribution in [-0.2, 0) is 26.0 Å². The number of aryl methyl sites for hydroxylation is 1. The van der Waals surface area contributed by atoms with Gasteiger partial charge in [-0.3, -0.25) is 4.79 Å². The highest BCUT2D eigenvalue weighted by atomic mass is 32.2. The summed E-state index contributed by atoms with van der Waals surface area (Å²) in [7, 11) is -3.49. The third kappa shape index (κ3) is 5.85. The second kappa shape index (κ2) is 10.4. The van der Waals surface area contributed by atoms with E-state index in [1.807, 2.05) is 25.3 Å². The van der Waals surface area contributed by atoms with E-state index >= 15 is 0 Å². The predicted molar refractivity (Wildman–Crippen MR) is 119 cm³/mol. The van der Waals surface area contributed by atoms with Crippen LogP contribution in [0.3, 0.4) is 0 Å². The van der Waals surface area contributed by atoms with Crippen LogP contribution in [0.25, 0.3) is 0 Å². The number of sulfonamides is 1. The molecule has 0 radical (unpaired) electrons. The Morgan fingerprint density at radius 1 is 1.10 bits per heavy atom. The number of nitrogens with zero attached hydrogens (tertiary/aromatic N) is 1. The number of ether oxygens (including phenoxy) is 1. The molecule has 1 atom stereocenters. The van der Waals surface area contributed by atoms with Gasteiger partial charge in [0.15, 0.2) is 0 Å². The second-order valence-corrected chi connectivity index (χ2v) is 10.0. The number of thioether (sulfide) groups is 1. The van der Waals surface area contributed by atoms with Gasteiger partial charge in [-0.2, -0.15) is 4.31 Å². The molecule has 1 aliphatic rings. The van der Waals surface area contributed by atoms with Crippen LogP contribution in [0.15, 0.2) is 58.3 Å². The molecule has 6 nitrogen and oxygen atoms in total. The van der Waals surface area contributed by atoms with E-state index in [2.05, 4.69) is 17.4 Å². The van der Waals surface area contributed by atoms with Crippen LogP contribution in [0, 0.1) is 0 Å². The van der Waals surface area contributed by atoms with Crippen LogP contribution in [-0.4, -0.2) is 51.2 Å². The molecule has 3 rings (SSSR count). The molecule has 0 bridgehead atoms. The molecular weight excluding hydrogens is 420 g/mol. The van der Waals surface area contributed by atoms with Crippen LogP contribution in [0.4, 0.5) is 0 Å². The summed E-state index contributed by atoms with van der Waals surface area (Å²) >= 11 is 1.69. The minimum Gasteiger partial charge on any atom is -0.379 e. The van der Waals surface area contributed by atoms with Crippen molar-refractivity contribution >= 4 is 27.7 Å². The molecule has 1 fully saturated rings. The monoisotopic (exact) mass is 448 g/mol. The minimum atomic E-state index is -3.49. The van der Waals surface area contributed by atoms with Crippen molar-refractivity contribution in [1.82, 2.24) is 9.62 Å². The fraction of sp³-hybridized carbons (Fsp3) is 0.409. The maximum atomic E-state index is 12.7. The molecule has 0 unspecified atom stereocenters. The van der Waals surface area contributed by atoms with E-state index in [9.17, 15) is 13.2 Å². The zero-order chi connectivity index (χ0) is 21.6. The second-order valence-electron chi connectivity index (χ2n) is 7.22. The first-order valence-corrected chi connectivity index (χ1v) is 12.7. The van der Waals surface area contributed by atoms with Gasteiger partial charge in [0.05, 0.1) is 24.2 Å². The van der Waals surface area contributed by atoms with Gasteiger partial charge in [0.1, 0.15) is 0 Å². The molecule has 1 N–H and O–H groups in total. The summed E-state index contributed by atoms with van der Waals surface area (Å²) in [4.78, 5) is 13.8. The van der Waals surface area contributed by atoms with Crippen molar-refractivity contribution < 1.29 is 17.9 Å². The highest BCUT2D eigenvalue weighted by Crippen LogP contribution is 2.20. The van der Waals surface area contributed by atoms with Crippen molar-refractivity contribution in [2.75, 3.05) is 32.6 Å². The maximum absolute atomic E-state index is 12.7. The minimum absolute atomic E-state index is 0.0264. The number of amides is 1. The summed E-state index contributed by atoms with van der Waals surface area (Å²) in [6.07, 6.45) is 2.94.